The van der Waals surface area contributed by atoms with Crippen LogP contribution in [0.15, 0.2) is 0 Å². The Hall–Kier alpha value is -0.510. The van der Waals surface area contributed by atoms with Crippen molar-refractivity contribution in [2.24, 2.45) is 46.3 Å². The van der Waals surface area contributed by atoms with Crippen LogP contribution in [0.1, 0.15) is 78.6 Å². The quantitative estimate of drug-likeness (QED) is 0.554. The van der Waals surface area contributed by atoms with Gasteiger partial charge >= 0.3 is 0 Å². The van der Waals surface area contributed by atoms with Crippen LogP contribution in [0, 0.1) is 57.7 Å². The van der Waals surface area contributed by atoms with Crippen molar-refractivity contribution in [3.05, 3.63) is 0 Å². The zero-order chi connectivity index (χ0) is 15.5. The first-order chi connectivity index (χ1) is 10.5. The van der Waals surface area contributed by atoms with Gasteiger partial charge in [0.25, 0.3) is 0 Å². The van der Waals surface area contributed by atoms with Crippen molar-refractivity contribution in [1.82, 2.24) is 0 Å². The van der Waals surface area contributed by atoms with Crippen molar-refractivity contribution in [2.75, 3.05) is 0 Å². The van der Waals surface area contributed by atoms with Crippen LogP contribution in [0.2, 0.25) is 0 Å². The lowest BCUT2D eigenvalue weighted by Crippen LogP contribution is -2.53. The maximum absolute atomic E-state index is 9.59. The highest BCUT2D eigenvalue weighted by Crippen LogP contribution is 2.67. The first-order valence-corrected chi connectivity index (χ1v) is 9.88. The fourth-order valence-electron chi connectivity index (χ4n) is 7.88. The van der Waals surface area contributed by atoms with E-state index in [-0.39, 0.29) is 0 Å². The van der Waals surface area contributed by atoms with E-state index in [1.165, 1.54) is 57.8 Å². The van der Waals surface area contributed by atoms with E-state index in [0.29, 0.717) is 16.7 Å². The minimum Gasteiger partial charge on any atom is -0.198 e. The number of hydrogen-bond acceptors (Lipinski definition) is 1. The lowest BCUT2D eigenvalue weighted by atomic mass is 9.44. The third-order valence-electron chi connectivity index (χ3n) is 9.02. The molecule has 22 heavy (non-hydrogen) atoms. The van der Waals surface area contributed by atoms with Crippen LogP contribution in [0.3, 0.4) is 0 Å². The lowest BCUT2D eigenvalue weighted by Gasteiger charge is -2.61. The first-order valence-electron chi connectivity index (χ1n) is 9.88. The van der Waals surface area contributed by atoms with Gasteiger partial charge in [0.15, 0.2) is 0 Å². The predicted octanol–water partition coefficient (Wildman–Crippen LogP) is 5.80. The minimum absolute atomic E-state index is 0.342. The number of rotatable bonds is 0. The van der Waals surface area contributed by atoms with E-state index in [2.05, 4.69) is 26.8 Å². The van der Waals surface area contributed by atoms with E-state index >= 15 is 0 Å². The summed E-state index contributed by atoms with van der Waals surface area (Å²) in [7, 11) is 0. The average molecular weight is 300 g/mol. The molecule has 4 aliphatic rings. The molecule has 4 saturated carbocycles. The molecule has 0 saturated heterocycles. The molecule has 0 spiro atoms. The second-order valence-corrected chi connectivity index (χ2v) is 9.85. The fourth-order valence-corrected chi connectivity index (χ4v) is 7.88. The van der Waals surface area contributed by atoms with Gasteiger partial charge in [-0.15, -0.1) is 0 Å². The zero-order valence-electron chi connectivity index (χ0n) is 14.8. The van der Waals surface area contributed by atoms with Gasteiger partial charge in [0.2, 0.25) is 0 Å². The molecule has 0 heterocycles. The summed E-state index contributed by atoms with van der Waals surface area (Å²) in [5, 5.41) is 9.59. The zero-order valence-corrected chi connectivity index (χ0v) is 14.8. The van der Waals surface area contributed by atoms with Crippen LogP contribution in [-0.2, 0) is 0 Å². The van der Waals surface area contributed by atoms with E-state index in [1.54, 1.807) is 0 Å². The van der Waals surface area contributed by atoms with Gasteiger partial charge in [-0.3, -0.25) is 0 Å². The molecule has 4 fully saturated rings. The second-order valence-electron chi connectivity index (χ2n) is 9.85. The van der Waals surface area contributed by atoms with Crippen molar-refractivity contribution in [1.29, 1.82) is 5.26 Å². The predicted molar refractivity (Wildman–Crippen MR) is 90.0 cm³/mol. The topological polar surface area (TPSA) is 23.8 Å². The fraction of sp³-hybridized carbons (Fsp3) is 0.952. The summed E-state index contributed by atoms with van der Waals surface area (Å²) in [5.41, 5.74) is 0.964. The molecule has 0 radical (unpaired) electrons. The Kier molecular flexibility index (Phi) is 3.41. The highest BCUT2D eigenvalue weighted by Gasteiger charge is 2.60. The Morgan fingerprint density at radius 1 is 0.864 bits per heavy atom. The monoisotopic (exact) mass is 299 g/mol. The third-order valence-corrected chi connectivity index (χ3v) is 9.02. The van der Waals surface area contributed by atoms with Crippen LogP contribution in [0.5, 0.6) is 0 Å². The van der Waals surface area contributed by atoms with Gasteiger partial charge in [0, 0.05) is 0 Å². The Balaban J connectivity index is 1.64. The van der Waals surface area contributed by atoms with Crippen molar-refractivity contribution in [3.8, 4) is 6.07 Å². The van der Waals surface area contributed by atoms with Gasteiger partial charge in [-0.1, -0.05) is 27.2 Å². The Bertz CT molecular complexity index is 491. The molecular weight excluding hydrogens is 266 g/mol. The molecule has 0 aromatic rings. The smallest absolute Gasteiger partial charge is 0.0661 e. The van der Waals surface area contributed by atoms with Crippen LogP contribution in [-0.4, -0.2) is 0 Å². The highest BCUT2D eigenvalue weighted by molar-refractivity contribution is 5.12. The summed E-state index contributed by atoms with van der Waals surface area (Å²) in [5.74, 6) is 5.03. The highest BCUT2D eigenvalue weighted by atomic mass is 14.6. The van der Waals surface area contributed by atoms with Gasteiger partial charge in [-0.25, -0.2) is 0 Å². The number of nitriles is 1. The van der Waals surface area contributed by atoms with Crippen LogP contribution in [0.4, 0.5) is 0 Å². The first kappa shape index (κ1) is 15.0. The molecule has 0 amide bonds. The molecule has 8 unspecified atom stereocenters. The Morgan fingerprint density at radius 2 is 1.59 bits per heavy atom. The maximum atomic E-state index is 9.59. The molecule has 0 aromatic carbocycles. The van der Waals surface area contributed by atoms with Crippen molar-refractivity contribution in [2.45, 2.75) is 78.6 Å². The van der Waals surface area contributed by atoms with E-state index in [9.17, 15) is 5.26 Å². The summed E-state index contributed by atoms with van der Waals surface area (Å²) < 4.78 is 0. The maximum Gasteiger partial charge on any atom is 0.0661 e. The standard InChI is InChI=1S/C21H33N/c1-14-4-5-15-6-8-17-18-9-7-16(13-22)20(18,2)11-10-19(17)21(15,3)12-14/h14-19H,4-12H2,1-3H3. The van der Waals surface area contributed by atoms with Gasteiger partial charge in [-0.2, -0.15) is 5.26 Å². The lowest BCUT2D eigenvalue weighted by molar-refractivity contribution is -0.115. The normalized spacial score (nSPS) is 57.4. The molecule has 8 atom stereocenters. The average Bonchev–Trinajstić information content (AvgIpc) is 2.82. The van der Waals surface area contributed by atoms with Crippen LogP contribution in [0.25, 0.3) is 0 Å². The van der Waals surface area contributed by atoms with E-state index < -0.39 is 0 Å². The minimum atomic E-state index is 0.342. The Morgan fingerprint density at radius 3 is 2.36 bits per heavy atom. The largest absolute Gasteiger partial charge is 0.198 e. The molecule has 4 rings (SSSR count). The molecule has 0 bridgehead atoms. The molecule has 1 heteroatoms. The van der Waals surface area contributed by atoms with E-state index in [0.717, 1.165) is 29.6 Å². The Labute approximate surface area is 136 Å². The number of nitrogens with zero attached hydrogens (tertiary/aromatic N) is 1. The molecular formula is C21H33N. The molecule has 0 aliphatic heterocycles. The summed E-state index contributed by atoms with van der Waals surface area (Å²) in [6.45, 7) is 7.61. The van der Waals surface area contributed by atoms with Crippen LogP contribution < -0.4 is 0 Å². The molecule has 0 N–H and O–H groups in total. The van der Waals surface area contributed by atoms with Crippen molar-refractivity contribution >= 4 is 0 Å². The van der Waals surface area contributed by atoms with Gasteiger partial charge in [0.1, 0.15) is 0 Å². The summed E-state index contributed by atoms with van der Waals surface area (Å²) in [6, 6.07) is 2.67. The SMILES string of the molecule is CC1CCC2CCC3C4CCC(C#N)C4(C)CCC3C2(C)C1. The van der Waals surface area contributed by atoms with Gasteiger partial charge in [-0.05, 0) is 91.8 Å². The van der Waals surface area contributed by atoms with E-state index in [4.69, 9.17) is 0 Å². The molecule has 0 aromatic heterocycles. The number of fused-ring (bicyclic) bond motifs is 5. The molecule has 4 aliphatic carbocycles. The van der Waals surface area contributed by atoms with E-state index in [1.807, 2.05) is 0 Å². The summed E-state index contributed by atoms with van der Waals surface area (Å²) in [6.07, 6.45) is 12.6. The van der Waals surface area contributed by atoms with Crippen molar-refractivity contribution < 1.29 is 0 Å². The molecule has 1 nitrogen and oxygen atoms in total. The molecule has 122 valence electrons. The van der Waals surface area contributed by atoms with Gasteiger partial charge < -0.3 is 0 Å². The summed E-state index contributed by atoms with van der Waals surface area (Å²) in [4.78, 5) is 0. The number of hydrogen-bond donors (Lipinski definition) is 0. The third kappa shape index (κ3) is 1.88. The van der Waals surface area contributed by atoms with Gasteiger partial charge in [0.05, 0.1) is 12.0 Å². The van der Waals surface area contributed by atoms with Crippen LogP contribution >= 0.6 is 0 Å². The summed E-state index contributed by atoms with van der Waals surface area (Å²) >= 11 is 0. The van der Waals surface area contributed by atoms with Crippen molar-refractivity contribution in [3.63, 3.8) is 0 Å². The second kappa shape index (κ2) is 4.99.